The number of nitrogens with two attached hydrogens (primary N) is 1. The van der Waals surface area contributed by atoms with E-state index in [-0.39, 0.29) is 5.56 Å². The van der Waals surface area contributed by atoms with Gasteiger partial charge in [0.1, 0.15) is 11.6 Å². The van der Waals surface area contributed by atoms with Crippen molar-refractivity contribution in [3.63, 3.8) is 0 Å². The average Bonchev–Trinajstić information content (AvgIpc) is 2.87. The van der Waals surface area contributed by atoms with Crippen LogP contribution in [0.5, 0.6) is 0 Å². The summed E-state index contributed by atoms with van der Waals surface area (Å²) in [5.41, 5.74) is 3.98. The molecule has 19 heavy (non-hydrogen) atoms. The van der Waals surface area contributed by atoms with E-state index in [2.05, 4.69) is 5.43 Å². The molecular formula is C14H16F2N2S. The molecule has 0 spiro atoms. The maximum atomic E-state index is 14.2. The van der Waals surface area contributed by atoms with Gasteiger partial charge in [-0.3, -0.25) is 5.84 Å². The molecule has 1 unspecified atom stereocenters. The van der Waals surface area contributed by atoms with Gasteiger partial charge in [0.25, 0.3) is 0 Å². The van der Waals surface area contributed by atoms with E-state index in [9.17, 15) is 8.78 Å². The number of thiophene rings is 1. The van der Waals surface area contributed by atoms with E-state index in [1.165, 1.54) is 23.5 Å². The van der Waals surface area contributed by atoms with Crippen LogP contribution in [0.3, 0.4) is 0 Å². The van der Waals surface area contributed by atoms with Crippen LogP contribution in [0.25, 0.3) is 0 Å². The van der Waals surface area contributed by atoms with Crippen molar-refractivity contribution in [1.29, 1.82) is 0 Å². The molecule has 1 aromatic carbocycles. The summed E-state index contributed by atoms with van der Waals surface area (Å²) < 4.78 is 28.2. The maximum Gasteiger partial charge on any atom is 0.134 e. The summed E-state index contributed by atoms with van der Waals surface area (Å²) in [6.45, 7) is 3.61. The smallest absolute Gasteiger partial charge is 0.134 e. The number of hydrogen-bond donors (Lipinski definition) is 2. The Labute approximate surface area is 115 Å². The Bertz CT molecular complexity index is 581. The van der Waals surface area contributed by atoms with Crippen molar-refractivity contribution in [1.82, 2.24) is 5.43 Å². The fourth-order valence-electron chi connectivity index (χ4n) is 2.13. The summed E-state index contributed by atoms with van der Waals surface area (Å²) in [5.74, 6) is 4.41. The molecule has 2 aromatic rings. The first kappa shape index (κ1) is 14.1. The van der Waals surface area contributed by atoms with Gasteiger partial charge in [0.05, 0.1) is 6.04 Å². The minimum atomic E-state index is -0.658. The van der Waals surface area contributed by atoms with Crippen molar-refractivity contribution in [3.8, 4) is 0 Å². The number of halogens is 2. The molecule has 0 fully saturated rings. The number of benzene rings is 1. The Morgan fingerprint density at radius 2 is 2.05 bits per heavy atom. The molecule has 0 saturated heterocycles. The Balaban J connectivity index is 2.58. The molecule has 0 bridgehead atoms. The summed E-state index contributed by atoms with van der Waals surface area (Å²) in [6.07, 6.45) is 0.798. The van der Waals surface area contributed by atoms with Crippen LogP contribution in [0.2, 0.25) is 0 Å². The van der Waals surface area contributed by atoms with Gasteiger partial charge in [-0.1, -0.05) is 13.0 Å². The van der Waals surface area contributed by atoms with Gasteiger partial charge in [-0.15, -0.1) is 11.3 Å². The van der Waals surface area contributed by atoms with Crippen molar-refractivity contribution >= 4 is 11.3 Å². The molecule has 0 aliphatic heterocycles. The highest BCUT2D eigenvalue weighted by molar-refractivity contribution is 7.10. The first-order valence-electron chi connectivity index (χ1n) is 6.07. The van der Waals surface area contributed by atoms with E-state index < -0.39 is 17.7 Å². The van der Waals surface area contributed by atoms with Crippen LogP contribution >= 0.6 is 11.3 Å². The largest absolute Gasteiger partial charge is 0.271 e. The van der Waals surface area contributed by atoms with Gasteiger partial charge in [-0.25, -0.2) is 14.2 Å². The van der Waals surface area contributed by atoms with Crippen LogP contribution in [0.15, 0.2) is 23.6 Å². The second kappa shape index (κ2) is 5.77. The van der Waals surface area contributed by atoms with Crippen LogP contribution in [0.4, 0.5) is 8.78 Å². The summed E-state index contributed by atoms with van der Waals surface area (Å²) in [7, 11) is 0. The van der Waals surface area contributed by atoms with Crippen molar-refractivity contribution in [2.24, 2.45) is 5.84 Å². The Hall–Kier alpha value is -1.30. The Kier molecular flexibility index (Phi) is 4.29. The number of hydrogen-bond acceptors (Lipinski definition) is 3. The normalized spacial score (nSPS) is 12.7. The predicted octanol–water partition coefficient (Wildman–Crippen LogP) is 3.45. The lowest BCUT2D eigenvalue weighted by Crippen LogP contribution is -2.30. The monoisotopic (exact) mass is 282 g/mol. The van der Waals surface area contributed by atoms with Gasteiger partial charge >= 0.3 is 0 Å². The first-order valence-corrected chi connectivity index (χ1v) is 6.95. The first-order chi connectivity index (χ1) is 9.10. The van der Waals surface area contributed by atoms with Gasteiger partial charge in [0.2, 0.25) is 0 Å². The third-order valence-electron chi connectivity index (χ3n) is 3.20. The maximum absolute atomic E-state index is 14.2. The molecule has 3 N–H and O–H groups in total. The summed E-state index contributed by atoms with van der Waals surface area (Å²) >= 11 is 1.45. The van der Waals surface area contributed by atoms with Crippen molar-refractivity contribution < 1.29 is 8.78 Å². The highest BCUT2D eigenvalue weighted by Gasteiger charge is 2.24. The van der Waals surface area contributed by atoms with Crippen molar-refractivity contribution in [3.05, 3.63) is 56.8 Å². The average molecular weight is 282 g/mol. The zero-order valence-electron chi connectivity index (χ0n) is 10.8. The second-order valence-electron chi connectivity index (χ2n) is 4.36. The minimum Gasteiger partial charge on any atom is -0.271 e. The molecule has 2 nitrogen and oxygen atoms in total. The van der Waals surface area contributed by atoms with Gasteiger partial charge in [-0.05, 0) is 42.0 Å². The molecule has 5 heteroatoms. The fraction of sp³-hybridized carbons (Fsp3) is 0.286. The molecule has 1 aromatic heterocycles. The zero-order valence-corrected chi connectivity index (χ0v) is 11.7. The number of hydrazine groups is 1. The number of aryl methyl sites for hydroxylation is 2. The lowest BCUT2D eigenvalue weighted by Gasteiger charge is -2.19. The predicted molar refractivity (Wildman–Crippen MR) is 74.0 cm³/mol. The van der Waals surface area contributed by atoms with Crippen LogP contribution < -0.4 is 11.3 Å². The quantitative estimate of drug-likeness (QED) is 0.666. The van der Waals surface area contributed by atoms with Crippen molar-refractivity contribution in [2.45, 2.75) is 26.3 Å². The fourth-order valence-corrected chi connectivity index (χ4v) is 3.19. The molecule has 1 heterocycles. The SMILES string of the molecule is CCc1ccsc1C(NN)c1c(F)ccc(C)c1F. The second-order valence-corrected chi connectivity index (χ2v) is 5.30. The molecule has 1 atom stereocenters. The molecule has 0 radical (unpaired) electrons. The number of rotatable bonds is 4. The van der Waals surface area contributed by atoms with Crippen LogP contribution in [0.1, 0.15) is 34.5 Å². The Morgan fingerprint density at radius 3 is 2.68 bits per heavy atom. The lowest BCUT2D eigenvalue weighted by molar-refractivity contribution is 0.508. The highest BCUT2D eigenvalue weighted by Crippen LogP contribution is 2.33. The zero-order chi connectivity index (χ0) is 14.0. The molecule has 0 amide bonds. The number of nitrogens with one attached hydrogen (secondary N) is 1. The van der Waals surface area contributed by atoms with Gasteiger partial charge in [-0.2, -0.15) is 0 Å². The van der Waals surface area contributed by atoms with E-state index in [1.807, 2.05) is 18.4 Å². The van der Waals surface area contributed by atoms with E-state index in [0.717, 1.165) is 16.9 Å². The van der Waals surface area contributed by atoms with E-state index in [1.54, 1.807) is 6.92 Å². The topological polar surface area (TPSA) is 38.0 Å². The molecule has 102 valence electrons. The third kappa shape index (κ3) is 2.54. The van der Waals surface area contributed by atoms with E-state index >= 15 is 0 Å². The Morgan fingerprint density at radius 1 is 1.32 bits per heavy atom. The highest BCUT2D eigenvalue weighted by atomic mass is 32.1. The third-order valence-corrected chi connectivity index (χ3v) is 4.22. The summed E-state index contributed by atoms with van der Waals surface area (Å²) in [5, 5.41) is 1.91. The minimum absolute atomic E-state index is 0.0142. The summed E-state index contributed by atoms with van der Waals surface area (Å²) in [6, 6.07) is 4.00. The van der Waals surface area contributed by atoms with Gasteiger partial charge < -0.3 is 0 Å². The summed E-state index contributed by atoms with van der Waals surface area (Å²) in [4.78, 5) is 0.855. The molecule has 2 rings (SSSR count). The lowest BCUT2D eigenvalue weighted by atomic mass is 9.99. The molecule has 0 saturated carbocycles. The standard InChI is InChI=1S/C14H16F2N2S/c1-3-9-6-7-19-14(9)13(18-17)11-10(15)5-4-8(2)12(11)16/h4-7,13,18H,3,17H2,1-2H3. The van der Waals surface area contributed by atoms with Gasteiger partial charge in [0.15, 0.2) is 0 Å². The van der Waals surface area contributed by atoms with E-state index in [0.29, 0.717) is 5.56 Å². The van der Waals surface area contributed by atoms with Crippen molar-refractivity contribution in [2.75, 3.05) is 0 Å². The van der Waals surface area contributed by atoms with Crippen LogP contribution in [0, 0.1) is 18.6 Å². The van der Waals surface area contributed by atoms with Gasteiger partial charge in [0, 0.05) is 10.4 Å². The van der Waals surface area contributed by atoms with Crippen LogP contribution in [-0.2, 0) is 6.42 Å². The molecule has 0 aliphatic carbocycles. The van der Waals surface area contributed by atoms with E-state index in [4.69, 9.17) is 5.84 Å². The molecule has 0 aliphatic rings. The van der Waals surface area contributed by atoms with Crippen LogP contribution in [-0.4, -0.2) is 0 Å². The molecular weight excluding hydrogens is 266 g/mol.